The van der Waals surface area contributed by atoms with Crippen LogP contribution in [0.3, 0.4) is 0 Å². The second-order valence-electron chi connectivity index (χ2n) is 7.69. The molecule has 2 rings (SSSR count). The van der Waals surface area contributed by atoms with Crippen LogP contribution in [0.15, 0.2) is 29.8 Å². The maximum atomic E-state index is 5.83. The van der Waals surface area contributed by atoms with Gasteiger partial charge >= 0.3 is 0 Å². The predicted octanol–water partition coefficient (Wildman–Crippen LogP) is 5.72. The van der Waals surface area contributed by atoms with Crippen molar-refractivity contribution < 1.29 is 9.47 Å². The lowest BCUT2D eigenvalue weighted by Crippen LogP contribution is -2.04. The number of allylic oxidation sites excluding steroid dienone is 1. The van der Waals surface area contributed by atoms with E-state index in [9.17, 15) is 0 Å². The Bertz CT molecular complexity index is 523. The van der Waals surface area contributed by atoms with Gasteiger partial charge in [-0.1, -0.05) is 39.3 Å². The van der Waals surface area contributed by atoms with Crippen molar-refractivity contribution in [3.05, 3.63) is 35.4 Å². The fourth-order valence-corrected chi connectivity index (χ4v) is 2.72. The molecule has 0 saturated carbocycles. The quantitative estimate of drug-likeness (QED) is 0.625. The molecular weight excluding hydrogens is 272 g/mol. The average molecular weight is 302 g/mol. The van der Waals surface area contributed by atoms with Crippen LogP contribution in [0.1, 0.15) is 65.4 Å². The molecule has 1 atom stereocenters. The predicted molar refractivity (Wildman–Crippen MR) is 92.9 cm³/mol. The van der Waals surface area contributed by atoms with Crippen LogP contribution in [0.2, 0.25) is 0 Å². The van der Waals surface area contributed by atoms with E-state index in [2.05, 4.69) is 46.8 Å². The molecule has 1 aliphatic rings. The van der Waals surface area contributed by atoms with Gasteiger partial charge in [-0.05, 0) is 43.7 Å². The Morgan fingerprint density at radius 3 is 2.86 bits per heavy atom. The Morgan fingerprint density at radius 2 is 2.14 bits per heavy atom. The van der Waals surface area contributed by atoms with Crippen LogP contribution >= 0.6 is 0 Å². The third-order valence-corrected chi connectivity index (χ3v) is 4.18. The number of fused-ring (bicyclic) bond motifs is 1. The Balaban J connectivity index is 1.77. The van der Waals surface area contributed by atoms with E-state index in [0.717, 1.165) is 24.5 Å². The van der Waals surface area contributed by atoms with E-state index < -0.39 is 0 Å². The molecule has 0 radical (unpaired) electrons. The monoisotopic (exact) mass is 302 g/mol. The Labute approximate surface area is 135 Å². The Morgan fingerprint density at radius 1 is 1.36 bits per heavy atom. The summed E-state index contributed by atoms with van der Waals surface area (Å²) < 4.78 is 11.5. The topological polar surface area (TPSA) is 18.5 Å². The Kier molecular flexibility index (Phi) is 5.55. The van der Waals surface area contributed by atoms with Crippen molar-refractivity contribution in [3.8, 4) is 11.5 Å². The van der Waals surface area contributed by atoms with Gasteiger partial charge in [0.1, 0.15) is 18.1 Å². The van der Waals surface area contributed by atoms with Gasteiger partial charge in [0.25, 0.3) is 0 Å². The fraction of sp³-hybridized carbons (Fsp3) is 0.600. The molecule has 2 heteroatoms. The van der Waals surface area contributed by atoms with E-state index in [4.69, 9.17) is 9.47 Å². The molecule has 0 fully saturated rings. The highest BCUT2D eigenvalue weighted by Crippen LogP contribution is 2.36. The molecule has 0 amide bonds. The van der Waals surface area contributed by atoms with Crippen molar-refractivity contribution >= 4 is 0 Å². The van der Waals surface area contributed by atoms with Crippen molar-refractivity contribution in [2.75, 3.05) is 13.2 Å². The zero-order valence-corrected chi connectivity index (χ0v) is 14.7. The summed E-state index contributed by atoms with van der Waals surface area (Å²) in [4.78, 5) is 0. The molecule has 0 saturated heterocycles. The third-order valence-electron chi connectivity index (χ3n) is 4.18. The van der Waals surface area contributed by atoms with Crippen molar-refractivity contribution in [1.29, 1.82) is 0 Å². The van der Waals surface area contributed by atoms with Crippen molar-refractivity contribution in [2.24, 2.45) is 5.41 Å². The second-order valence-corrected chi connectivity index (χ2v) is 7.69. The first-order valence-electron chi connectivity index (χ1n) is 8.40. The molecule has 1 unspecified atom stereocenters. The summed E-state index contributed by atoms with van der Waals surface area (Å²) in [5, 5.41) is 0. The molecule has 2 nitrogen and oxygen atoms in total. The SMILES string of the molecule is CC(=CCOc1ccc2c(c1)OCC2C)CCCC(C)(C)C. The van der Waals surface area contributed by atoms with Gasteiger partial charge in [-0.2, -0.15) is 0 Å². The molecule has 0 N–H and O–H groups in total. The average Bonchev–Trinajstić information content (AvgIpc) is 2.78. The standard InChI is InChI=1S/C20H30O2/c1-15(7-6-11-20(3,4)5)10-12-21-17-8-9-18-16(2)14-22-19(18)13-17/h8-10,13,16H,6-7,11-12,14H2,1-5H3. The van der Waals surface area contributed by atoms with Crippen molar-refractivity contribution in [2.45, 2.75) is 59.8 Å². The summed E-state index contributed by atoms with van der Waals surface area (Å²) in [6.07, 6.45) is 5.86. The molecule has 0 aliphatic carbocycles. The minimum atomic E-state index is 0.429. The number of hydrogen-bond donors (Lipinski definition) is 0. The number of rotatable bonds is 6. The van der Waals surface area contributed by atoms with Gasteiger partial charge in [-0.15, -0.1) is 0 Å². The highest BCUT2D eigenvalue weighted by molar-refractivity contribution is 5.45. The summed E-state index contributed by atoms with van der Waals surface area (Å²) in [7, 11) is 0. The molecule has 1 aromatic carbocycles. The van der Waals surface area contributed by atoms with E-state index in [1.54, 1.807) is 0 Å². The minimum Gasteiger partial charge on any atom is -0.493 e. The molecular formula is C20H30O2. The lowest BCUT2D eigenvalue weighted by atomic mass is 9.89. The van der Waals surface area contributed by atoms with Crippen molar-refractivity contribution in [1.82, 2.24) is 0 Å². The van der Waals surface area contributed by atoms with E-state index in [0.29, 0.717) is 17.9 Å². The van der Waals surface area contributed by atoms with Crippen molar-refractivity contribution in [3.63, 3.8) is 0 Å². The summed E-state index contributed by atoms with van der Waals surface area (Å²) in [6, 6.07) is 6.19. The van der Waals surface area contributed by atoms with Crippen LogP contribution in [0.5, 0.6) is 11.5 Å². The maximum Gasteiger partial charge on any atom is 0.126 e. The molecule has 0 bridgehead atoms. The van der Waals surface area contributed by atoms with E-state index >= 15 is 0 Å². The van der Waals surface area contributed by atoms with Gasteiger partial charge in [0.05, 0.1) is 6.61 Å². The fourth-order valence-electron chi connectivity index (χ4n) is 2.72. The van der Waals surface area contributed by atoms with Gasteiger partial charge in [-0.3, -0.25) is 0 Å². The molecule has 22 heavy (non-hydrogen) atoms. The first-order valence-corrected chi connectivity index (χ1v) is 8.40. The normalized spacial score (nSPS) is 18.0. The van der Waals surface area contributed by atoms with Crippen LogP contribution in [-0.2, 0) is 0 Å². The smallest absolute Gasteiger partial charge is 0.126 e. The van der Waals surface area contributed by atoms with Gasteiger partial charge in [-0.25, -0.2) is 0 Å². The molecule has 1 aromatic rings. The molecule has 122 valence electrons. The largest absolute Gasteiger partial charge is 0.493 e. The van der Waals surface area contributed by atoms with Gasteiger partial charge in [0.15, 0.2) is 0 Å². The van der Waals surface area contributed by atoms with E-state index in [1.165, 1.54) is 24.0 Å². The molecule has 1 aliphatic heterocycles. The first kappa shape index (κ1) is 16.9. The van der Waals surface area contributed by atoms with Crippen LogP contribution in [0.25, 0.3) is 0 Å². The third kappa shape index (κ3) is 5.08. The lowest BCUT2D eigenvalue weighted by molar-refractivity contribution is 0.331. The summed E-state index contributed by atoms with van der Waals surface area (Å²) in [5.41, 5.74) is 3.13. The number of ether oxygens (including phenoxy) is 2. The van der Waals surface area contributed by atoms with Crippen LogP contribution in [-0.4, -0.2) is 13.2 Å². The highest BCUT2D eigenvalue weighted by atomic mass is 16.5. The van der Waals surface area contributed by atoms with Gasteiger partial charge < -0.3 is 9.47 Å². The molecule has 0 aromatic heterocycles. The van der Waals surface area contributed by atoms with Gasteiger partial charge in [0.2, 0.25) is 0 Å². The van der Waals surface area contributed by atoms with E-state index in [1.807, 2.05) is 12.1 Å². The summed E-state index contributed by atoms with van der Waals surface area (Å²) in [5.74, 6) is 2.37. The Hall–Kier alpha value is -1.44. The van der Waals surface area contributed by atoms with Crippen LogP contribution < -0.4 is 9.47 Å². The number of benzene rings is 1. The zero-order valence-electron chi connectivity index (χ0n) is 14.7. The minimum absolute atomic E-state index is 0.429. The maximum absolute atomic E-state index is 5.83. The summed E-state index contributed by atoms with van der Waals surface area (Å²) >= 11 is 0. The lowest BCUT2D eigenvalue weighted by Gasteiger charge is -2.17. The van der Waals surface area contributed by atoms with Crippen LogP contribution in [0.4, 0.5) is 0 Å². The first-order chi connectivity index (χ1) is 10.3. The summed E-state index contributed by atoms with van der Waals surface area (Å²) in [6.45, 7) is 12.7. The van der Waals surface area contributed by atoms with Crippen LogP contribution in [0, 0.1) is 5.41 Å². The highest BCUT2D eigenvalue weighted by Gasteiger charge is 2.20. The van der Waals surface area contributed by atoms with Gasteiger partial charge in [0, 0.05) is 17.5 Å². The second kappa shape index (κ2) is 7.21. The molecule has 0 spiro atoms. The molecule has 1 heterocycles. The zero-order chi connectivity index (χ0) is 16.2. The van der Waals surface area contributed by atoms with E-state index in [-0.39, 0.29) is 0 Å². The number of hydrogen-bond acceptors (Lipinski definition) is 2.